The van der Waals surface area contributed by atoms with E-state index in [1.165, 1.54) is 5.56 Å². The predicted octanol–water partition coefficient (Wildman–Crippen LogP) is 1.79. The van der Waals surface area contributed by atoms with Gasteiger partial charge in [-0.3, -0.25) is 4.90 Å². The van der Waals surface area contributed by atoms with E-state index in [1.54, 1.807) is 0 Å². The minimum atomic E-state index is -0.294. The quantitative estimate of drug-likeness (QED) is 0.837. The molecule has 1 heterocycles. The van der Waals surface area contributed by atoms with Gasteiger partial charge in [-0.1, -0.05) is 30.3 Å². The summed E-state index contributed by atoms with van der Waals surface area (Å²) >= 11 is 0. The number of hydrogen-bond acceptors (Lipinski definition) is 3. The molecule has 1 aromatic carbocycles. The highest BCUT2D eigenvalue weighted by molar-refractivity contribution is 5.19. The highest BCUT2D eigenvalue weighted by Gasteiger charge is 2.34. The lowest BCUT2D eigenvalue weighted by molar-refractivity contribution is 0.0451. The SMILES string of the molecule is CC(c1ccccc1)N1CC(O)CNCC1(C)C. The number of benzene rings is 1. The van der Waals surface area contributed by atoms with E-state index in [0.29, 0.717) is 12.6 Å². The van der Waals surface area contributed by atoms with E-state index >= 15 is 0 Å². The molecule has 0 saturated carbocycles. The maximum atomic E-state index is 9.98. The zero-order chi connectivity index (χ0) is 13.2. The van der Waals surface area contributed by atoms with Crippen molar-refractivity contribution in [2.75, 3.05) is 19.6 Å². The van der Waals surface area contributed by atoms with Crippen LogP contribution in [0.3, 0.4) is 0 Å². The molecule has 0 bridgehead atoms. The molecule has 2 atom stereocenters. The van der Waals surface area contributed by atoms with Crippen LogP contribution in [0.1, 0.15) is 32.4 Å². The number of rotatable bonds is 2. The van der Waals surface area contributed by atoms with E-state index in [4.69, 9.17) is 0 Å². The molecule has 0 amide bonds. The Bertz CT molecular complexity index is 377. The van der Waals surface area contributed by atoms with E-state index in [-0.39, 0.29) is 11.6 Å². The van der Waals surface area contributed by atoms with Gasteiger partial charge < -0.3 is 10.4 Å². The molecule has 100 valence electrons. The molecule has 2 unspecified atom stereocenters. The monoisotopic (exact) mass is 248 g/mol. The van der Waals surface area contributed by atoms with Gasteiger partial charge in [-0.25, -0.2) is 0 Å². The predicted molar refractivity (Wildman–Crippen MR) is 74.5 cm³/mol. The molecule has 0 aromatic heterocycles. The molecule has 1 aromatic rings. The van der Waals surface area contributed by atoms with E-state index in [0.717, 1.165) is 13.1 Å². The molecule has 1 aliphatic rings. The number of aliphatic hydroxyl groups excluding tert-OH is 1. The fraction of sp³-hybridized carbons (Fsp3) is 0.600. The van der Waals surface area contributed by atoms with E-state index in [1.807, 2.05) is 6.07 Å². The van der Waals surface area contributed by atoms with Crippen molar-refractivity contribution in [1.29, 1.82) is 0 Å². The Hall–Kier alpha value is -0.900. The Morgan fingerprint density at radius 2 is 2.00 bits per heavy atom. The second-order valence-corrected chi connectivity index (χ2v) is 5.84. The average molecular weight is 248 g/mol. The third-order valence-corrected chi connectivity index (χ3v) is 3.87. The van der Waals surface area contributed by atoms with Crippen LogP contribution in [0.15, 0.2) is 30.3 Å². The molecular formula is C15H24N2O. The summed E-state index contributed by atoms with van der Waals surface area (Å²) in [5, 5.41) is 13.3. The van der Waals surface area contributed by atoms with Crippen molar-refractivity contribution >= 4 is 0 Å². The number of aliphatic hydroxyl groups is 1. The average Bonchev–Trinajstić information content (AvgIpc) is 2.48. The van der Waals surface area contributed by atoms with Gasteiger partial charge in [-0.05, 0) is 26.3 Å². The standard InChI is InChI=1S/C15H24N2O/c1-12(13-7-5-4-6-8-13)17-10-14(18)9-16-11-15(17,2)3/h4-8,12,14,16,18H,9-11H2,1-3H3. The van der Waals surface area contributed by atoms with Crippen LogP contribution in [0.5, 0.6) is 0 Å². The third-order valence-electron chi connectivity index (χ3n) is 3.87. The van der Waals surface area contributed by atoms with Crippen molar-refractivity contribution in [1.82, 2.24) is 10.2 Å². The maximum absolute atomic E-state index is 9.98. The van der Waals surface area contributed by atoms with Gasteiger partial charge in [-0.15, -0.1) is 0 Å². The normalized spacial score (nSPS) is 26.6. The molecule has 0 radical (unpaired) electrons. The van der Waals surface area contributed by atoms with Gasteiger partial charge in [0.2, 0.25) is 0 Å². The minimum Gasteiger partial charge on any atom is -0.390 e. The molecule has 18 heavy (non-hydrogen) atoms. The zero-order valence-corrected chi connectivity index (χ0v) is 11.6. The first kappa shape index (κ1) is 13.5. The first-order valence-electron chi connectivity index (χ1n) is 6.71. The summed E-state index contributed by atoms with van der Waals surface area (Å²) in [5.74, 6) is 0. The van der Waals surface area contributed by atoms with Crippen LogP contribution in [0.4, 0.5) is 0 Å². The van der Waals surface area contributed by atoms with Gasteiger partial charge >= 0.3 is 0 Å². The summed E-state index contributed by atoms with van der Waals surface area (Å²) in [5.41, 5.74) is 1.35. The molecule has 1 aliphatic heterocycles. The van der Waals surface area contributed by atoms with Crippen LogP contribution in [-0.2, 0) is 0 Å². The molecule has 1 fully saturated rings. The van der Waals surface area contributed by atoms with Gasteiger partial charge in [0.25, 0.3) is 0 Å². The van der Waals surface area contributed by atoms with Crippen molar-refractivity contribution in [3.05, 3.63) is 35.9 Å². The Morgan fingerprint density at radius 3 is 2.67 bits per heavy atom. The number of hydrogen-bond donors (Lipinski definition) is 2. The summed E-state index contributed by atoms with van der Waals surface area (Å²) in [7, 11) is 0. The molecule has 0 aliphatic carbocycles. The highest BCUT2D eigenvalue weighted by atomic mass is 16.3. The highest BCUT2D eigenvalue weighted by Crippen LogP contribution is 2.29. The van der Waals surface area contributed by atoms with E-state index in [2.05, 4.69) is 55.3 Å². The minimum absolute atomic E-state index is 0.0484. The molecule has 0 spiro atoms. The van der Waals surface area contributed by atoms with Crippen LogP contribution >= 0.6 is 0 Å². The fourth-order valence-corrected chi connectivity index (χ4v) is 2.78. The van der Waals surface area contributed by atoms with Gasteiger partial charge in [0.05, 0.1) is 6.10 Å². The fourth-order valence-electron chi connectivity index (χ4n) is 2.78. The molecule has 3 heteroatoms. The molecular weight excluding hydrogens is 224 g/mol. The Labute approximate surface area is 110 Å². The van der Waals surface area contributed by atoms with Crippen molar-refractivity contribution in [2.24, 2.45) is 0 Å². The third kappa shape index (κ3) is 2.91. The topological polar surface area (TPSA) is 35.5 Å². The van der Waals surface area contributed by atoms with Crippen LogP contribution in [0, 0.1) is 0 Å². The molecule has 2 N–H and O–H groups in total. The van der Waals surface area contributed by atoms with Gasteiger partial charge in [0, 0.05) is 31.2 Å². The lowest BCUT2D eigenvalue weighted by Gasteiger charge is -2.41. The van der Waals surface area contributed by atoms with Crippen LogP contribution in [0.2, 0.25) is 0 Å². The second-order valence-electron chi connectivity index (χ2n) is 5.84. The summed E-state index contributed by atoms with van der Waals surface area (Å²) < 4.78 is 0. The smallest absolute Gasteiger partial charge is 0.0791 e. The van der Waals surface area contributed by atoms with Crippen molar-refractivity contribution < 1.29 is 5.11 Å². The Balaban J connectivity index is 2.23. The van der Waals surface area contributed by atoms with Gasteiger partial charge in [-0.2, -0.15) is 0 Å². The zero-order valence-electron chi connectivity index (χ0n) is 11.6. The van der Waals surface area contributed by atoms with Crippen molar-refractivity contribution in [3.8, 4) is 0 Å². The van der Waals surface area contributed by atoms with E-state index in [9.17, 15) is 5.11 Å². The molecule has 1 saturated heterocycles. The molecule has 3 nitrogen and oxygen atoms in total. The first-order chi connectivity index (χ1) is 8.50. The lowest BCUT2D eigenvalue weighted by atomic mass is 9.97. The number of nitrogens with zero attached hydrogens (tertiary/aromatic N) is 1. The maximum Gasteiger partial charge on any atom is 0.0791 e. The number of β-amino-alcohol motifs (C(OH)–C–C–N with tert-alkyl or cyclic N) is 1. The Morgan fingerprint density at radius 1 is 1.33 bits per heavy atom. The largest absolute Gasteiger partial charge is 0.390 e. The van der Waals surface area contributed by atoms with Gasteiger partial charge in [0.15, 0.2) is 0 Å². The molecule has 2 rings (SSSR count). The summed E-state index contributed by atoms with van der Waals surface area (Å²) in [4.78, 5) is 2.40. The van der Waals surface area contributed by atoms with Crippen molar-refractivity contribution in [2.45, 2.75) is 38.5 Å². The van der Waals surface area contributed by atoms with Crippen molar-refractivity contribution in [3.63, 3.8) is 0 Å². The summed E-state index contributed by atoms with van der Waals surface area (Å²) in [6, 6.07) is 10.8. The summed E-state index contributed by atoms with van der Waals surface area (Å²) in [6.45, 7) is 8.99. The summed E-state index contributed by atoms with van der Waals surface area (Å²) in [6.07, 6.45) is -0.294. The van der Waals surface area contributed by atoms with Crippen LogP contribution in [0.25, 0.3) is 0 Å². The van der Waals surface area contributed by atoms with Crippen LogP contribution in [-0.4, -0.2) is 41.3 Å². The Kier molecular flexibility index (Phi) is 4.05. The lowest BCUT2D eigenvalue weighted by Crippen LogP contribution is -2.50. The van der Waals surface area contributed by atoms with Crippen LogP contribution < -0.4 is 5.32 Å². The first-order valence-corrected chi connectivity index (χ1v) is 6.71. The van der Waals surface area contributed by atoms with E-state index < -0.39 is 0 Å². The second kappa shape index (κ2) is 5.39. The number of nitrogens with one attached hydrogen (secondary N) is 1. The van der Waals surface area contributed by atoms with Gasteiger partial charge in [0.1, 0.15) is 0 Å².